The summed E-state index contributed by atoms with van der Waals surface area (Å²) in [5, 5.41) is 1.02. The molecule has 1 heterocycles. The summed E-state index contributed by atoms with van der Waals surface area (Å²) in [4.78, 5) is 16.4. The van der Waals surface area contributed by atoms with Crippen LogP contribution in [0.15, 0.2) is 36.5 Å². The van der Waals surface area contributed by atoms with Gasteiger partial charge in [0, 0.05) is 23.1 Å². The average molecular weight is 213 g/mol. The molecule has 1 aromatic heterocycles. The predicted molar refractivity (Wildman–Crippen MR) is 65.5 cm³/mol. The number of para-hydroxylation sites is 1. The number of fused-ring (bicyclic) bond motifs is 1. The molecule has 1 atom stereocenters. The van der Waals surface area contributed by atoms with Gasteiger partial charge in [0.25, 0.3) is 0 Å². The third-order valence-electron chi connectivity index (χ3n) is 2.96. The Labute approximate surface area is 95.3 Å². The van der Waals surface area contributed by atoms with E-state index in [9.17, 15) is 4.79 Å². The lowest BCUT2D eigenvalue weighted by atomic mass is 9.95. The Balaban J connectivity index is 2.56. The second kappa shape index (κ2) is 4.44. The van der Waals surface area contributed by atoms with Crippen molar-refractivity contribution in [3.63, 3.8) is 0 Å². The van der Waals surface area contributed by atoms with Crippen LogP contribution in [0, 0.1) is 5.92 Å². The molecule has 2 heteroatoms. The summed E-state index contributed by atoms with van der Waals surface area (Å²) in [6, 6.07) is 9.63. The second-order valence-electron chi connectivity index (χ2n) is 4.05. The molecule has 0 aliphatic rings. The van der Waals surface area contributed by atoms with E-state index in [1.54, 1.807) is 6.20 Å². The second-order valence-corrected chi connectivity index (χ2v) is 4.05. The number of rotatable bonds is 3. The maximum absolute atomic E-state index is 12.1. The topological polar surface area (TPSA) is 30.0 Å². The van der Waals surface area contributed by atoms with Crippen LogP contribution < -0.4 is 0 Å². The van der Waals surface area contributed by atoms with E-state index in [2.05, 4.69) is 4.98 Å². The van der Waals surface area contributed by atoms with Gasteiger partial charge in [0.1, 0.15) is 0 Å². The van der Waals surface area contributed by atoms with Crippen molar-refractivity contribution in [2.45, 2.75) is 20.3 Å². The highest BCUT2D eigenvalue weighted by molar-refractivity contribution is 6.07. The summed E-state index contributed by atoms with van der Waals surface area (Å²) >= 11 is 0. The largest absolute Gasteiger partial charge is 0.294 e. The van der Waals surface area contributed by atoms with E-state index in [1.807, 2.05) is 44.2 Å². The molecule has 0 N–H and O–H groups in total. The fourth-order valence-electron chi connectivity index (χ4n) is 1.75. The molecule has 1 unspecified atom stereocenters. The minimum atomic E-state index is 0.0626. The maximum atomic E-state index is 12.1. The molecule has 2 nitrogen and oxygen atoms in total. The number of hydrogen-bond donors (Lipinski definition) is 0. The van der Waals surface area contributed by atoms with E-state index in [-0.39, 0.29) is 11.7 Å². The third-order valence-corrected chi connectivity index (χ3v) is 2.96. The van der Waals surface area contributed by atoms with Crippen LogP contribution in [0.25, 0.3) is 10.9 Å². The number of aromatic nitrogens is 1. The monoisotopic (exact) mass is 213 g/mol. The molecule has 0 radical (unpaired) electrons. The Kier molecular flexibility index (Phi) is 3.00. The van der Waals surface area contributed by atoms with Crippen LogP contribution in [0.3, 0.4) is 0 Å². The number of ketones is 1. The van der Waals surface area contributed by atoms with E-state index in [0.29, 0.717) is 0 Å². The van der Waals surface area contributed by atoms with Gasteiger partial charge < -0.3 is 0 Å². The van der Waals surface area contributed by atoms with Gasteiger partial charge in [0.2, 0.25) is 0 Å². The van der Waals surface area contributed by atoms with E-state index in [1.165, 1.54) is 0 Å². The Hall–Kier alpha value is -1.70. The summed E-state index contributed by atoms with van der Waals surface area (Å²) in [6.45, 7) is 3.99. The highest BCUT2D eigenvalue weighted by Gasteiger charge is 2.16. The van der Waals surface area contributed by atoms with Crippen molar-refractivity contribution >= 4 is 16.7 Å². The number of Topliss-reactive ketones (excluding diaryl/α,β-unsaturated/α-hetero) is 1. The van der Waals surface area contributed by atoms with E-state index in [4.69, 9.17) is 0 Å². The van der Waals surface area contributed by atoms with Gasteiger partial charge in [-0.2, -0.15) is 0 Å². The van der Waals surface area contributed by atoms with Crippen molar-refractivity contribution < 1.29 is 4.79 Å². The SMILES string of the molecule is CCC(C)C(=O)c1cccc2cccnc12. The first-order chi connectivity index (χ1) is 7.74. The zero-order valence-corrected chi connectivity index (χ0v) is 9.60. The number of benzene rings is 1. The minimum absolute atomic E-state index is 0.0626. The molecule has 2 aromatic rings. The van der Waals surface area contributed by atoms with Crippen LogP contribution in [0.2, 0.25) is 0 Å². The van der Waals surface area contributed by atoms with Crippen molar-refractivity contribution in [3.05, 3.63) is 42.1 Å². The van der Waals surface area contributed by atoms with E-state index < -0.39 is 0 Å². The number of carbonyl (C=O) groups excluding carboxylic acids is 1. The molecule has 0 aliphatic heterocycles. The van der Waals surface area contributed by atoms with Crippen molar-refractivity contribution in [2.75, 3.05) is 0 Å². The molecule has 0 saturated carbocycles. The lowest BCUT2D eigenvalue weighted by Gasteiger charge is -2.09. The highest BCUT2D eigenvalue weighted by Crippen LogP contribution is 2.20. The van der Waals surface area contributed by atoms with Gasteiger partial charge in [-0.25, -0.2) is 0 Å². The molecule has 2 rings (SSSR count). The molecule has 0 amide bonds. The zero-order chi connectivity index (χ0) is 11.5. The van der Waals surface area contributed by atoms with Gasteiger partial charge in [-0.15, -0.1) is 0 Å². The molecule has 16 heavy (non-hydrogen) atoms. The fraction of sp³-hybridized carbons (Fsp3) is 0.286. The Morgan fingerprint density at radius 1 is 1.31 bits per heavy atom. The van der Waals surface area contributed by atoms with Crippen LogP contribution in [-0.4, -0.2) is 10.8 Å². The summed E-state index contributed by atoms with van der Waals surface area (Å²) in [7, 11) is 0. The number of nitrogens with zero attached hydrogens (tertiary/aromatic N) is 1. The summed E-state index contributed by atoms with van der Waals surface area (Å²) in [5.74, 6) is 0.249. The molecule has 1 aromatic carbocycles. The fourth-order valence-corrected chi connectivity index (χ4v) is 1.75. The van der Waals surface area contributed by atoms with Gasteiger partial charge >= 0.3 is 0 Å². The van der Waals surface area contributed by atoms with Crippen molar-refractivity contribution in [1.29, 1.82) is 0 Å². The van der Waals surface area contributed by atoms with Crippen LogP contribution >= 0.6 is 0 Å². The van der Waals surface area contributed by atoms with Crippen LogP contribution in [0.4, 0.5) is 0 Å². The third kappa shape index (κ3) is 1.83. The molecule has 0 saturated heterocycles. The summed E-state index contributed by atoms with van der Waals surface area (Å²) in [6.07, 6.45) is 2.60. The molecule has 0 aliphatic carbocycles. The smallest absolute Gasteiger partial charge is 0.167 e. The zero-order valence-electron chi connectivity index (χ0n) is 9.60. The van der Waals surface area contributed by atoms with Crippen LogP contribution in [0.5, 0.6) is 0 Å². The molecular weight excluding hydrogens is 198 g/mol. The molecule has 82 valence electrons. The minimum Gasteiger partial charge on any atom is -0.294 e. The molecule has 0 spiro atoms. The lowest BCUT2D eigenvalue weighted by Crippen LogP contribution is -2.11. The Morgan fingerprint density at radius 3 is 2.81 bits per heavy atom. The maximum Gasteiger partial charge on any atom is 0.167 e. The van der Waals surface area contributed by atoms with Gasteiger partial charge in [-0.05, 0) is 18.6 Å². The Morgan fingerprint density at radius 2 is 2.06 bits per heavy atom. The average Bonchev–Trinajstić information content (AvgIpc) is 2.36. The normalized spacial score (nSPS) is 12.6. The van der Waals surface area contributed by atoms with Crippen molar-refractivity contribution in [2.24, 2.45) is 5.92 Å². The molecule has 0 fully saturated rings. The van der Waals surface area contributed by atoms with E-state index >= 15 is 0 Å². The first-order valence-corrected chi connectivity index (χ1v) is 5.62. The molecule has 0 bridgehead atoms. The number of pyridine rings is 1. The van der Waals surface area contributed by atoms with Crippen LogP contribution in [-0.2, 0) is 0 Å². The quantitative estimate of drug-likeness (QED) is 0.731. The first kappa shape index (κ1) is 10.8. The lowest BCUT2D eigenvalue weighted by molar-refractivity contribution is 0.0929. The van der Waals surface area contributed by atoms with Gasteiger partial charge in [-0.1, -0.05) is 32.0 Å². The van der Waals surface area contributed by atoms with Crippen molar-refractivity contribution in [1.82, 2.24) is 4.98 Å². The number of carbonyl (C=O) groups is 1. The predicted octanol–water partition coefficient (Wildman–Crippen LogP) is 3.46. The van der Waals surface area contributed by atoms with E-state index in [0.717, 1.165) is 22.9 Å². The highest BCUT2D eigenvalue weighted by atomic mass is 16.1. The van der Waals surface area contributed by atoms with Crippen LogP contribution in [0.1, 0.15) is 30.6 Å². The summed E-state index contributed by atoms with van der Waals surface area (Å²) < 4.78 is 0. The van der Waals surface area contributed by atoms with Gasteiger partial charge in [0.05, 0.1) is 5.52 Å². The first-order valence-electron chi connectivity index (χ1n) is 5.62. The molecular formula is C14H15NO. The summed E-state index contributed by atoms with van der Waals surface area (Å²) in [5.41, 5.74) is 1.56. The standard InChI is InChI=1S/C14H15NO/c1-3-10(2)14(16)12-8-4-6-11-7-5-9-15-13(11)12/h4-10H,3H2,1-2H3. The Bertz CT molecular complexity index is 514. The van der Waals surface area contributed by atoms with Crippen molar-refractivity contribution in [3.8, 4) is 0 Å². The van der Waals surface area contributed by atoms with Gasteiger partial charge in [0.15, 0.2) is 5.78 Å². The van der Waals surface area contributed by atoms with Gasteiger partial charge in [-0.3, -0.25) is 9.78 Å². The number of hydrogen-bond acceptors (Lipinski definition) is 2.